The summed E-state index contributed by atoms with van der Waals surface area (Å²) in [6, 6.07) is 0. The van der Waals surface area contributed by atoms with Crippen molar-refractivity contribution >= 4 is 0 Å². The second-order valence-electron chi connectivity index (χ2n) is 4.78. The summed E-state index contributed by atoms with van der Waals surface area (Å²) in [6.07, 6.45) is 11.4. The van der Waals surface area contributed by atoms with Crippen LogP contribution >= 0.6 is 0 Å². The van der Waals surface area contributed by atoms with Gasteiger partial charge in [0.1, 0.15) is 0 Å². The molecular weight excluding hydrogens is 158 g/mol. The van der Waals surface area contributed by atoms with Crippen molar-refractivity contribution in [2.45, 2.75) is 63.8 Å². The van der Waals surface area contributed by atoms with Gasteiger partial charge in [-0.15, -0.1) is 0 Å². The van der Waals surface area contributed by atoms with Gasteiger partial charge in [0.25, 0.3) is 0 Å². The van der Waals surface area contributed by atoms with E-state index in [9.17, 15) is 0 Å². The summed E-state index contributed by atoms with van der Waals surface area (Å²) in [4.78, 5) is 2.44. The SMILES string of the molecule is CCCCCCCC1(N(C)C)CC1. The van der Waals surface area contributed by atoms with Crippen molar-refractivity contribution in [3.63, 3.8) is 0 Å². The van der Waals surface area contributed by atoms with E-state index in [0.29, 0.717) is 5.54 Å². The van der Waals surface area contributed by atoms with Gasteiger partial charge in [0.15, 0.2) is 0 Å². The molecule has 0 heterocycles. The summed E-state index contributed by atoms with van der Waals surface area (Å²) in [6.45, 7) is 2.28. The van der Waals surface area contributed by atoms with E-state index >= 15 is 0 Å². The van der Waals surface area contributed by atoms with E-state index in [1.165, 1.54) is 51.4 Å². The third kappa shape index (κ3) is 3.30. The fourth-order valence-corrected chi connectivity index (χ4v) is 2.12. The molecule has 1 nitrogen and oxygen atoms in total. The Morgan fingerprint density at radius 2 is 1.62 bits per heavy atom. The van der Waals surface area contributed by atoms with Gasteiger partial charge in [0.05, 0.1) is 0 Å². The van der Waals surface area contributed by atoms with Gasteiger partial charge in [-0.25, -0.2) is 0 Å². The first kappa shape index (κ1) is 11.0. The highest BCUT2D eigenvalue weighted by atomic mass is 15.2. The Balaban J connectivity index is 1.99. The molecule has 0 aromatic rings. The van der Waals surface area contributed by atoms with Crippen LogP contribution in [-0.4, -0.2) is 24.5 Å². The van der Waals surface area contributed by atoms with Crippen molar-refractivity contribution in [3.8, 4) is 0 Å². The molecule has 0 unspecified atom stereocenters. The van der Waals surface area contributed by atoms with E-state index in [1.807, 2.05) is 0 Å². The third-order valence-corrected chi connectivity index (χ3v) is 3.52. The Labute approximate surface area is 83.5 Å². The summed E-state index contributed by atoms with van der Waals surface area (Å²) in [5.74, 6) is 0. The first-order valence-electron chi connectivity index (χ1n) is 5.89. The molecule has 1 heteroatoms. The Hall–Kier alpha value is -0.0400. The van der Waals surface area contributed by atoms with Crippen molar-refractivity contribution in [1.29, 1.82) is 0 Å². The quantitative estimate of drug-likeness (QED) is 0.546. The second-order valence-corrected chi connectivity index (χ2v) is 4.78. The normalized spacial score (nSPS) is 19.4. The maximum absolute atomic E-state index is 2.44. The fourth-order valence-electron chi connectivity index (χ4n) is 2.12. The van der Waals surface area contributed by atoms with E-state index in [4.69, 9.17) is 0 Å². The lowest BCUT2D eigenvalue weighted by Gasteiger charge is -2.23. The average molecular weight is 183 g/mol. The number of rotatable bonds is 7. The highest BCUT2D eigenvalue weighted by Gasteiger charge is 2.43. The van der Waals surface area contributed by atoms with Gasteiger partial charge < -0.3 is 4.90 Å². The summed E-state index contributed by atoms with van der Waals surface area (Å²) < 4.78 is 0. The van der Waals surface area contributed by atoms with Crippen molar-refractivity contribution in [2.24, 2.45) is 0 Å². The molecule has 0 atom stereocenters. The molecule has 1 saturated carbocycles. The van der Waals surface area contributed by atoms with E-state index in [1.54, 1.807) is 0 Å². The molecule has 0 amide bonds. The minimum Gasteiger partial charge on any atom is -0.304 e. The summed E-state index contributed by atoms with van der Waals surface area (Å²) in [7, 11) is 4.47. The van der Waals surface area contributed by atoms with Gasteiger partial charge in [-0.3, -0.25) is 0 Å². The van der Waals surface area contributed by atoms with Crippen LogP contribution in [0.15, 0.2) is 0 Å². The van der Waals surface area contributed by atoms with E-state index in [0.717, 1.165) is 0 Å². The molecule has 1 rings (SSSR count). The van der Waals surface area contributed by atoms with E-state index in [2.05, 4.69) is 25.9 Å². The maximum atomic E-state index is 2.44. The molecule has 0 N–H and O–H groups in total. The van der Waals surface area contributed by atoms with E-state index in [-0.39, 0.29) is 0 Å². The molecule has 78 valence electrons. The molecule has 0 bridgehead atoms. The summed E-state index contributed by atoms with van der Waals surface area (Å²) in [5, 5.41) is 0. The third-order valence-electron chi connectivity index (χ3n) is 3.52. The van der Waals surface area contributed by atoms with Gasteiger partial charge in [0, 0.05) is 5.54 Å². The molecule has 1 fully saturated rings. The van der Waals surface area contributed by atoms with Gasteiger partial charge >= 0.3 is 0 Å². The Kier molecular flexibility index (Phi) is 4.24. The van der Waals surface area contributed by atoms with Crippen molar-refractivity contribution in [1.82, 2.24) is 4.90 Å². The molecule has 0 radical (unpaired) electrons. The first-order chi connectivity index (χ1) is 6.21. The molecule has 1 aliphatic rings. The molecular formula is C12H25N. The predicted molar refractivity (Wildman–Crippen MR) is 59.0 cm³/mol. The van der Waals surface area contributed by atoms with Gasteiger partial charge in [-0.1, -0.05) is 39.0 Å². The van der Waals surface area contributed by atoms with Crippen LogP contribution < -0.4 is 0 Å². The Morgan fingerprint density at radius 3 is 2.08 bits per heavy atom. The average Bonchev–Trinajstić information content (AvgIpc) is 2.85. The number of hydrogen-bond acceptors (Lipinski definition) is 1. The monoisotopic (exact) mass is 183 g/mol. The van der Waals surface area contributed by atoms with Gasteiger partial charge in [-0.05, 0) is 33.4 Å². The Morgan fingerprint density at radius 1 is 1.00 bits per heavy atom. The van der Waals surface area contributed by atoms with Crippen LogP contribution in [0.2, 0.25) is 0 Å². The molecule has 0 aromatic heterocycles. The predicted octanol–water partition coefficient (Wildman–Crippen LogP) is 3.44. The zero-order valence-electron chi connectivity index (χ0n) is 9.60. The zero-order valence-corrected chi connectivity index (χ0v) is 9.60. The van der Waals surface area contributed by atoms with Crippen molar-refractivity contribution in [3.05, 3.63) is 0 Å². The van der Waals surface area contributed by atoms with Crippen LogP contribution in [0.4, 0.5) is 0 Å². The van der Waals surface area contributed by atoms with Crippen LogP contribution in [0.1, 0.15) is 58.3 Å². The first-order valence-corrected chi connectivity index (χ1v) is 5.89. The number of hydrogen-bond donors (Lipinski definition) is 0. The molecule has 0 spiro atoms. The minimum atomic E-state index is 0.631. The van der Waals surface area contributed by atoms with Crippen LogP contribution in [0.25, 0.3) is 0 Å². The minimum absolute atomic E-state index is 0.631. The van der Waals surface area contributed by atoms with Gasteiger partial charge in [-0.2, -0.15) is 0 Å². The van der Waals surface area contributed by atoms with Gasteiger partial charge in [0.2, 0.25) is 0 Å². The molecule has 13 heavy (non-hydrogen) atoms. The van der Waals surface area contributed by atoms with Crippen molar-refractivity contribution in [2.75, 3.05) is 14.1 Å². The summed E-state index contributed by atoms with van der Waals surface area (Å²) in [5.41, 5.74) is 0.631. The van der Waals surface area contributed by atoms with Crippen LogP contribution in [-0.2, 0) is 0 Å². The highest BCUT2D eigenvalue weighted by Crippen LogP contribution is 2.44. The number of unbranched alkanes of at least 4 members (excludes halogenated alkanes) is 4. The lowest BCUT2D eigenvalue weighted by Crippen LogP contribution is -2.29. The summed E-state index contributed by atoms with van der Waals surface area (Å²) >= 11 is 0. The number of nitrogens with zero attached hydrogens (tertiary/aromatic N) is 1. The highest BCUT2D eigenvalue weighted by molar-refractivity contribution is 5.01. The molecule has 1 aliphatic carbocycles. The second kappa shape index (κ2) is 4.99. The molecule has 0 aromatic carbocycles. The standard InChI is InChI=1S/C12H25N/c1-4-5-6-7-8-9-12(10-11-12)13(2)3/h4-11H2,1-3H3. The molecule has 0 aliphatic heterocycles. The lowest BCUT2D eigenvalue weighted by atomic mass is 10.0. The lowest BCUT2D eigenvalue weighted by molar-refractivity contribution is 0.249. The van der Waals surface area contributed by atoms with Crippen LogP contribution in [0.5, 0.6) is 0 Å². The maximum Gasteiger partial charge on any atom is 0.0204 e. The fraction of sp³-hybridized carbons (Fsp3) is 1.00. The van der Waals surface area contributed by atoms with Crippen molar-refractivity contribution < 1.29 is 0 Å². The molecule has 0 saturated heterocycles. The van der Waals surface area contributed by atoms with E-state index < -0.39 is 0 Å². The Bertz CT molecular complexity index is 136. The largest absolute Gasteiger partial charge is 0.304 e. The topological polar surface area (TPSA) is 3.24 Å². The zero-order chi connectivity index (χ0) is 9.73. The van der Waals surface area contributed by atoms with Crippen LogP contribution in [0, 0.1) is 0 Å². The van der Waals surface area contributed by atoms with Crippen LogP contribution in [0.3, 0.4) is 0 Å². The smallest absolute Gasteiger partial charge is 0.0204 e.